The fraction of sp³-hybridized carbons (Fsp3) is 0.842. The predicted molar refractivity (Wildman–Crippen MR) is 102 cm³/mol. The standard InChI is InChI=1S/C19H33N3O3S/c1-4-5-9-22-18(13-21-11-15(2)25-16(3)12-21)10-20-19(22)26(23,24)14-17-7-6-8-17/h10,15-17H,4-9,11-14H2,1-3H3/t15-,16+. The Labute approximate surface area is 157 Å². The Hall–Kier alpha value is -0.920. The number of rotatable bonds is 8. The number of hydrogen-bond donors (Lipinski definition) is 0. The highest BCUT2D eigenvalue weighted by molar-refractivity contribution is 7.91. The number of imidazole rings is 1. The molecule has 1 aromatic rings. The van der Waals surface area contributed by atoms with Crippen molar-refractivity contribution in [1.82, 2.24) is 14.5 Å². The number of ether oxygens (including phenoxy) is 1. The summed E-state index contributed by atoms with van der Waals surface area (Å²) in [4.78, 5) is 6.72. The highest BCUT2D eigenvalue weighted by atomic mass is 32.2. The van der Waals surface area contributed by atoms with Gasteiger partial charge in [-0.05, 0) is 39.0 Å². The second-order valence-electron chi connectivity index (χ2n) is 8.07. The molecule has 0 amide bonds. The molecule has 1 saturated heterocycles. The molecular weight excluding hydrogens is 350 g/mol. The molecule has 6 nitrogen and oxygen atoms in total. The van der Waals surface area contributed by atoms with E-state index in [2.05, 4.69) is 30.7 Å². The topological polar surface area (TPSA) is 64.4 Å². The molecule has 2 heterocycles. The molecule has 0 unspecified atom stereocenters. The smallest absolute Gasteiger partial charge is 0.227 e. The van der Waals surface area contributed by atoms with Crippen molar-refractivity contribution >= 4 is 9.84 Å². The first kappa shape index (κ1) is 19.8. The minimum absolute atomic E-state index is 0.201. The fourth-order valence-corrected chi connectivity index (χ4v) is 5.87. The number of hydrogen-bond acceptors (Lipinski definition) is 5. The molecule has 7 heteroatoms. The van der Waals surface area contributed by atoms with Gasteiger partial charge in [-0.15, -0.1) is 0 Å². The van der Waals surface area contributed by atoms with E-state index in [1.54, 1.807) is 6.20 Å². The molecule has 1 saturated carbocycles. The second kappa shape index (κ2) is 8.40. The van der Waals surface area contributed by atoms with Gasteiger partial charge in [-0.25, -0.2) is 13.4 Å². The molecule has 0 radical (unpaired) electrons. The Kier molecular flexibility index (Phi) is 6.41. The van der Waals surface area contributed by atoms with Crippen LogP contribution in [0.3, 0.4) is 0 Å². The summed E-state index contributed by atoms with van der Waals surface area (Å²) in [6.45, 7) is 9.50. The lowest BCUT2D eigenvalue weighted by molar-refractivity contribution is -0.0710. The van der Waals surface area contributed by atoms with E-state index in [1.807, 2.05) is 4.57 Å². The number of morpholine rings is 1. The highest BCUT2D eigenvalue weighted by Gasteiger charge is 2.30. The first-order valence-corrected chi connectivity index (χ1v) is 11.7. The molecule has 0 aromatic carbocycles. The maximum absolute atomic E-state index is 12.9. The molecule has 1 aliphatic heterocycles. The summed E-state index contributed by atoms with van der Waals surface area (Å²) in [5.41, 5.74) is 1.01. The molecule has 2 fully saturated rings. The Morgan fingerprint density at radius 1 is 1.23 bits per heavy atom. The van der Waals surface area contributed by atoms with Crippen molar-refractivity contribution in [2.75, 3.05) is 18.8 Å². The number of aromatic nitrogens is 2. The van der Waals surface area contributed by atoms with Crippen LogP contribution in [0.4, 0.5) is 0 Å². The summed E-state index contributed by atoms with van der Waals surface area (Å²) in [6, 6.07) is 0. The lowest BCUT2D eigenvalue weighted by atomic mass is 9.87. The van der Waals surface area contributed by atoms with Crippen LogP contribution >= 0.6 is 0 Å². The van der Waals surface area contributed by atoms with E-state index in [-0.39, 0.29) is 23.1 Å². The minimum atomic E-state index is -3.31. The summed E-state index contributed by atoms with van der Waals surface area (Å²) in [5.74, 6) is 0.571. The van der Waals surface area contributed by atoms with Crippen molar-refractivity contribution in [3.05, 3.63) is 11.9 Å². The van der Waals surface area contributed by atoms with Crippen LogP contribution in [0.15, 0.2) is 11.4 Å². The average molecular weight is 384 g/mol. The van der Waals surface area contributed by atoms with Crippen LogP contribution < -0.4 is 0 Å². The lowest BCUT2D eigenvalue weighted by Crippen LogP contribution is -2.45. The molecule has 2 atom stereocenters. The Morgan fingerprint density at radius 3 is 2.50 bits per heavy atom. The third-order valence-electron chi connectivity index (χ3n) is 5.48. The Bertz CT molecular complexity index is 687. The summed E-state index contributed by atoms with van der Waals surface area (Å²) in [5, 5.41) is 0.280. The van der Waals surface area contributed by atoms with Crippen LogP contribution in [0.2, 0.25) is 0 Å². The van der Waals surface area contributed by atoms with Crippen LogP contribution in [0.25, 0.3) is 0 Å². The average Bonchev–Trinajstić information content (AvgIpc) is 2.91. The van der Waals surface area contributed by atoms with Crippen LogP contribution in [0, 0.1) is 5.92 Å². The van der Waals surface area contributed by atoms with Gasteiger partial charge >= 0.3 is 0 Å². The quantitative estimate of drug-likeness (QED) is 0.691. The van der Waals surface area contributed by atoms with E-state index in [1.165, 1.54) is 0 Å². The molecule has 148 valence electrons. The van der Waals surface area contributed by atoms with Gasteiger partial charge in [0.25, 0.3) is 0 Å². The Balaban J connectivity index is 1.79. The molecule has 0 bridgehead atoms. The second-order valence-corrected chi connectivity index (χ2v) is 10.00. The van der Waals surface area contributed by atoms with Crippen LogP contribution in [-0.2, 0) is 27.7 Å². The fourth-order valence-electron chi connectivity index (χ4n) is 4.01. The van der Waals surface area contributed by atoms with Crippen LogP contribution in [0.1, 0.15) is 58.6 Å². The molecule has 0 spiro atoms. The first-order chi connectivity index (χ1) is 12.4. The van der Waals surface area contributed by atoms with E-state index < -0.39 is 9.84 Å². The summed E-state index contributed by atoms with van der Waals surface area (Å²) in [7, 11) is -3.31. The molecular formula is C19H33N3O3S. The largest absolute Gasteiger partial charge is 0.373 e. The number of nitrogens with zero attached hydrogens (tertiary/aromatic N) is 3. The van der Waals surface area contributed by atoms with Gasteiger partial charge in [0.15, 0.2) is 0 Å². The van der Waals surface area contributed by atoms with Gasteiger partial charge in [-0.1, -0.05) is 19.8 Å². The minimum Gasteiger partial charge on any atom is -0.373 e. The normalized spacial score (nSPS) is 25.3. The highest BCUT2D eigenvalue weighted by Crippen LogP contribution is 2.30. The van der Waals surface area contributed by atoms with E-state index in [4.69, 9.17) is 4.74 Å². The van der Waals surface area contributed by atoms with Crippen molar-refractivity contribution in [3.63, 3.8) is 0 Å². The van der Waals surface area contributed by atoms with Crippen molar-refractivity contribution in [3.8, 4) is 0 Å². The van der Waals surface area contributed by atoms with E-state index in [0.717, 1.165) is 64.0 Å². The van der Waals surface area contributed by atoms with Crippen LogP contribution in [-0.4, -0.2) is 53.9 Å². The predicted octanol–water partition coefficient (Wildman–Crippen LogP) is 2.87. The monoisotopic (exact) mass is 383 g/mol. The van der Waals surface area contributed by atoms with E-state index >= 15 is 0 Å². The zero-order valence-electron chi connectivity index (χ0n) is 16.4. The van der Waals surface area contributed by atoms with Gasteiger partial charge in [-0.3, -0.25) is 4.90 Å². The number of unbranched alkanes of at least 4 members (excludes halogenated alkanes) is 1. The molecule has 1 aromatic heterocycles. The molecule has 0 N–H and O–H groups in total. The first-order valence-electron chi connectivity index (χ1n) is 10.0. The van der Waals surface area contributed by atoms with Crippen molar-refractivity contribution in [1.29, 1.82) is 0 Å². The Morgan fingerprint density at radius 2 is 1.92 bits per heavy atom. The van der Waals surface area contributed by atoms with Gasteiger partial charge in [0.2, 0.25) is 15.0 Å². The van der Waals surface area contributed by atoms with Gasteiger partial charge < -0.3 is 9.30 Å². The van der Waals surface area contributed by atoms with Gasteiger partial charge in [0.1, 0.15) is 0 Å². The molecule has 3 rings (SSSR count). The zero-order valence-corrected chi connectivity index (χ0v) is 17.2. The maximum atomic E-state index is 12.9. The van der Waals surface area contributed by atoms with Crippen LogP contribution in [0.5, 0.6) is 0 Å². The SMILES string of the molecule is CCCCn1c(CN2C[C@@H](C)O[C@@H](C)C2)cnc1S(=O)(=O)CC1CCC1. The lowest BCUT2D eigenvalue weighted by Gasteiger charge is -2.35. The van der Waals surface area contributed by atoms with Gasteiger partial charge in [-0.2, -0.15) is 0 Å². The van der Waals surface area contributed by atoms with Crippen molar-refractivity contribution in [2.45, 2.75) is 83.3 Å². The van der Waals surface area contributed by atoms with Gasteiger partial charge in [0, 0.05) is 26.2 Å². The summed E-state index contributed by atoms with van der Waals surface area (Å²) >= 11 is 0. The third-order valence-corrected chi connectivity index (χ3v) is 7.27. The molecule has 1 aliphatic carbocycles. The van der Waals surface area contributed by atoms with Crippen molar-refractivity contribution in [2.24, 2.45) is 5.92 Å². The van der Waals surface area contributed by atoms with E-state index in [9.17, 15) is 8.42 Å². The van der Waals surface area contributed by atoms with E-state index in [0.29, 0.717) is 5.92 Å². The number of sulfone groups is 1. The zero-order chi connectivity index (χ0) is 18.7. The summed E-state index contributed by atoms with van der Waals surface area (Å²) < 4.78 is 33.6. The summed E-state index contributed by atoms with van der Waals surface area (Å²) in [6.07, 6.45) is 7.39. The molecule has 26 heavy (non-hydrogen) atoms. The van der Waals surface area contributed by atoms with Gasteiger partial charge in [0.05, 0.1) is 29.9 Å². The van der Waals surface area contributed by atoms with Crippen molar-refractivity contribution < 1.29 is 13.2 Å². The molecule has 2 aliphatic rings. The third kappa shape index (κ3) is 4.67. The maximum Gasteiger partial charge on any atom is 0.227 e.